The van der Waals surface area contributed by atoms with Gasteiger partial charge in [-0.15, -0.1) is 0 Å². The Balaban J connectivity index is 2.73. The Bertz CT molecular complexity index is 492. The number of rotatable bonds is 2. The van der Waals surface area contributed by atoms with Crippen LogP contribution in [0.25, 0.3) is 11.1 Å². The van der Waals surface area contributed by atoms with E-state index in [2.05, 4.69) is 4.98 Å². The van der Waals surface area contributed by atoms with Gasteiger partial charge in [-0.2, -0.15) is 0 Å². The Labute approximate surface area is 78.5 Å². The molecule has 0 radical (unpaired) electrons. The number of hydrogen-bond acceptors (Lipinski definition) is 5. The van der Waals surface area contributed by atoms with Crippen LogP contribution in [-0.2, 0) is 6.54 Å². The lowest BCUT2D eigenvalue weighted by atomic mass is 10.3. The number of fused-ring (bicyclic) bond motifs is 1. The van der Waals surface area contributed by atoms with Gasteiger partial charge in [0.25, 0.3) is 5.69 Å². The van der Waals surface area contributed by atoms with Crippen molar-refractivity contribution in [1.29, 1.82) is 0 Å². The normalized spacial score (nSPS) is 10.6. The maximum atomic E-state index is 10.6. The Kier molecular flexibility index (Phi) is 1.90. The van der Waals surface area contributed by atoms with E-state index in [0.717, 1.165) is 0 Å². The third kappa shape index (κ3) is 1.21. The Morgan fingerprint density at radius 1 is 1.57 bits per heavy atom. The van der Waals surface area contributed by atoms with Crippen LogP contribution in [0, 0.1) is 10.1 Å². The molecule has 0 spiro atoms. The highest BCUT2D eigenvalue weighted by atomic mass is 16.6. The first kappa shape index (κ1) is 8.64. The number of nitrogens with two attached hydrogens (primary N) is 1. The van der Waals surface area contributed by atoms with Gasteiger partial charge < -0.3 is 10.2 Å². The molecular formula is C8H7N3O3. The Morgan fingerprint density at radius 2 is 2.36 bits per heavy atom. The molecule has 0 aliphatic heterocycles. The standard InChI is InChI=1S/C8H7N3O3/c9-4-7-10-8-5(11(12)13)2-1-3-6(8)14-7/h1-3H,4,9H2. The van der Waals surface area contributed by atoms with Crippen molar-refractivity contribution in [2.45, 2.75) is 6.54 Å². The summed E-state index contributed by atoms with van der Waals surface area (Å²) in [7, 11) is 0. The summed E-state index contributed by atoms with van der Waals surface area (Å²) in [6.07, 6.45) is 0. The molecule has 2 N–H and O–H groups in total. The number of oxazole rings is 1. The van der Waals surface area contributed by atoms with Gasteiger partial charge in [-0.3, -0.25) is 10.1 Å². The number of non-ortho nitro benzene ring substituents is 1. The zero-order chi connectivity index (χ0) is 10.1. The predicted octanol–water partition coefficient (Wildman–Crippen LogP) is 1.19. The number of para-hydroxylation sites is 1. The summed E-state index contributed by atoms with van der Waals surface area (Å²) in [5, 5.41) is 10.6. The highest BCUT2D eigenvalue weighted by Crippen LogP contribution is 2.24. The maximum absolute atomic E-state index is 10.6. The first-order chi connectivity index (χ1) is 6.72. The predicted molar refractivity (Wildman–Crippen MR) is 48.6 cm³/mol. The van der Waals surface area contributed by atoms with E-state index in [0.29, 0.717) is 11.5 Å². The van der Waals surface area contributed by atoms with Crippen LogP contribution in [0.3, 0.4) is 0 Å². The molecular weight excluding hydrogens is 186 g/mol. The minimum absolute atomic E-state index is 0.0639. The van der Waals surface area contributed by atoms with Crippen molar-refractivity contribution in [3.63, 3.8) is 0 Å². The van der Waals surface area contributed by atoms with Gasteiger partial charge >= 0.3 is 0 Å². The zero-order valence-electron chi connectivity index (χ0n) is 7.14. The number of aromatic nitrogens is 1. The van der Waals surface area contributed by atoms with E-state index in [1.807, 2.05) is 0 Å². The summed E-state index contributed by atoms with van der Waals surface area (Å²) in [5.74, 6) is 0.300. The van der Waals surface area contributed by atoms with Gasteiger partial charge in [-0.25, -0.2) is 4.98 Å². The first-order valence-electron chi connectivity index (χ1n) is 3.95. The molecule has 0 saturated carbocycles. The van der Waals surface area contributed by atoms with Crippen molar-refractivity contribution < 1.29 is 9.34 Å². The van der Waals surface area contributed by atoms with Crippen molar-refractivity contribution in [2.24, 2.45) is 5.73 Å². The van der Waals surface area contributed by atoms with E-state index in [1.54, 1.807) is 12.1 Å². The van der Waals surface area contributed by atoms with Gasteiger partial charge in [-0.1, -0.05) is 6.07 Å². The van der Waals surface area contributed by atoms with Crippen LogP contribution in [0.2, 0.25) is 0 Å². The largest absolute Gasteiger partial charge is 0.439 e. The Morgan fingerprint density at radius 3 is 3.00 bits per heavy atom. The maximum Gasteiger partial charge on any atom is 0.298 e. The molecule has 1 aromatic carbocycles. The average molecular weight is 193 g/mol. The van der Waals surface area contributed by atoms with E-state index in [9.17, 15) is 10.1 Å². The molecule has 6 heteroatoms. The summed E-state index contributed by atoms with van der Waals surface area (Å²) in [6.45, 7) is 0.131. The molecule has 1 heterocycles. The van der Waals surface area contributed by atoms with E-state index in [-0.39, 0.29) is 17.7 Å². The molecule has 2 aromatic rings. The molecule has 0 amide bonds. The van der Waals surface area contributed by atoms with Gasteiger partial charge in [0.15, 0.2) is 11.1 Å². The highest BCUT2D eigenvalue weighted by Gasteiger charge is 2.16. The SMILES string of the molecule is NCc1nc2c([N+](=O)[O-])cccc2o1. The van der Waals surface area contributed by atoms with Gasteiger partial charge in [0.2, 0.25) is 5.89 Å². The van der Waals surface area contributed by atoms with E-state index in [1.165, 1.54) is 6.07 Å². The third-order valence-electron chi connectivity index (χ3n) is 1.81. The summed E-state index contributed by atoms with van der Waals surface area (Å²) in [4.78, 5) is 14.0. The minimum Gasteiger partial charge on any atom is -0.439 e. The van der Waals surface area contributed by atoms with Crippen LogP contribution < -0.4 is 5.73 Å². The first-order valence-corrected chi connectivity index (χ1v) is 3.95. The van der Waals surface area contributed by atoms with Crippen LogP contribution in [-0.4, -0.2) is 9.91 Å². The van der Waals surface area contributed by atoms with Crippen molar-refractivity contribution in [3.8, 4) is 0 Å². The number of hydrogen-bond donors (Lipinski definition) is 1. The summed E-state index contributed by atoms with van der Waals surface area (Å²) in [5.41, 5.74) is 5.89. The second-order valence-electron chi connectivity index (χ2n) is 2.69. The van der Waals surface area contributed by atoms with Crippen molar-refractivity contribution in [1.82, 2.24) is 4.98 Å². The fraction of sp³-hybridized carbons (Fsp3) is 0.125. The lowest BCUT2D eigenvalue weighted by molar-refractivity contribution is -0.383. The lowest BCUT2D eigenvalue weighted by Crippen LogP contribution is -1.95. The van der Waals surface area contributed by atoms with Crippen LogP contribution in [0.5, 0.6) is 0 Å². The second-order valence-corrected chi connectivity index (χ2v) is 2.69. The average Bonchev–Trinajstić information content (AvgIpc) is 2.59. The van der Waals surface area contributed by atoms with Crippen LogP contribution in [0.1, 0.15) is 5.89 Å². The molecule has 0 unspecified atom stereocenters. The molecule has 0 saturated heterocycles. The van der Waals surface area contributed by atoms with Crippen molar-refractivity contribution >= 4 is 16.8 Å². The molecule has 0 fully saturated rings. The molecule has 0 atom stereocenters. The number of nitro benzene ring substituents is 1. The van der Waals surface area contributed by atoms with Crippen molar-refractivity contribution in [3.05, 3.63) is 34.2 Å². The van der Waals surface area contributed by atoms with Gasteiger partial charge in [-0.05, 0) is 6.07 Å². The quantitative estimate of drug-likeness (QED) is 0.571. The van der Waals surface area contributed by atoms with Crippen LogP contribution >= 0.6 is 0 Å². The molecule has 2 rings (SSSR count). The number of nitrogens with zero attached hydrogens (tertiary/aromatic N) is 2. The smallest absolute Gasteiger partial charge is 0.298 e. The minimum atomic E-state index is -0.495. The molecule has 72 valence electrons. The summed E-state index contributed by atoms with van der Waals surface area (Å²) in [6, 6.07) is 4.55. The highest BCUT2D eigenvalue weighted by molar-refractivity contribution is 5.82. The second kappa shape index (κ2) is 3.08. The van der Waals surface area contributed by atoms with E-state index >= 15 is 0 Å². The molecule has 0 bridgehead atoms. The number of benzene rings is 1. The molecule has 6 nitrogen and oxygen atoms in total. The summed E-state index contributed by atoms with van der Waals surface area (Å²) >= 11 is 0. The van der Waals surface area contributed by atoms with Gasteiger partial charge in [0.1, 0.15) is 0 Å². The van der Waals surface area contributed by atoms with Gasteiger partial charge in [0.05, 0.1) is 11.5 Å². The molecule has 1 aromatic heterocycles. The van der Waals surface area contributed by atoms with Crippen molar-refractivity contribution in [2.75, 3.05) is 0 Å². The monoisotopic (exact) mass is 193 g/mol. The number of nitro groups is 1. The van der Waals surface area contributed by atoms with Crippen LogP contribution in [0.4, 0.5) is 5.69 Å². The molecule has 0 aliphatic rings. The van der Waals surface area contributed by atoms with Crippen LogP contribution in [0.15, 0.2) is 22.6 Å². The van der Waals surface area contributed by atoms with E-state index < -0.39 is 4.92 Å². The van der Waals surface area contributed by atoms with Gasteiger partial charge in [0, 0.05) is 6.07 Å². The topological polar surface area (TPSA) is 95.2 Å². The zero-order valence-corrected chi connectivity index (χ0v) is 7.14. The molecule has 0 aliphatic carbocycles. The molecule has 14 heavy (non-hydrogen) atoms. The third-order valence-corrected chi connectivity index (χ3v) is 1.81. The lowest BCUT2D eigenvalue weighted by Gasteiger charge is -1.89. The summed E-state index contributed by atoms with van der Waals surface area (Å²) < 4.78 is 5.17. The van der Waals surface area contributed by atoms with E-state index in [4.69, 9.17) is 10.2 Å². The Hall–Kier alpha value is -1.95. The fourth-order valence-electron chi connectivity index (χ4n) is 1.21. The fourth-order valence-corrected chi connectivity index (χ4v) is 1.21.